The minimum Gasteiger partial charge on any atom is -0.478 e. The molecule has 0 radical (unpaired) electrons. The largest absolute Gasteiger partial charge is 0.478 e. The van der Waals surface area contributed by atoms with Crippen molar-refractivity contribution < 1.29 is 27.4 Å². The first-order valence-corrected chi connectivity index (χ1v) is 7.03. The van der Waals surface area contributed by atoms with Crippen molar-refractivity contribution >= 4 is 21.7 Å². The highest BCUT2D eigenvalue weighted by atomic mass is 32.2. The molecule has 0 atom stereocenters. The van der Waals surface area contributed by atoms with Gasteiger partial charge >= 0.3 is 5.97 Å². The Bertz CT molecular complexity index is 558. The fourth-order valence-corrected chi connectivity index (χ4v) is 2.46. The van der Waals surface area contributed by atoms with Crippen LogP contribution in [0.5, 0.6) is 0 Å². The standard InChI is InChI=1S/C11H14FNO5S/c1-18-5-2-6-19(16,17)13-8-3-4-9(11(14)15)10(12)7-8/h3-4,7,13H,2,5-6H2,1H3,(H,14,15). The maximum Gasteiger partial charge on any atom is 0.338 e. The SMILES string of the molecule is COCCCS(=O)(=O)Nc1ccc(C(=O)O)c(F)c1. The van der Waals surface area contributed by atoms with Crippen LogP contribution in [0, 0.1) is 5.82 Å². The van der Waals surface area contributed by atoms with Gasteiger partial charge in [-0.15, -0.1) is 0 Å². The summed E-state index contributed by atoms with van der Waals surface area (Å²) in [5, 5.41) is 8.64. The molecule has 0 aliphatic carbocycles. The summed E-state index contributed by atoms with van der Waals surface area (Å²) >= 11 is 0. The molecule has 0 saturated heterocycles. The van der Waals surface area contributed by atoms with Crippen molar-refractivity contribution in [3.8, 4) is 0 Å². The second-order valence-electron chi connectivity index (χ2n) is 3.77. The molecule has 6 nitrogen and oxygen atoms in total. The summed E-state index contributed by atoms with van der Waals surface area (Å²) in [5.74, 6) is -2.57. The first-order chi connectivity index (χ1) is 8.85. The van der Waals surface area contributed by atoms with Crippen LogP contribution in [0.1, 0.15) is 16.8 Å². The molecule has 106 valence electrons. The Morgan fingerprint density at radius 3 is 2.68 bits per heavy atom. The van der Waals surface area contributed by atoms with Gasteiger partial charge in [-0.25, -0.2) is 17.6 Å². The number of hydrogen-bond acceptors (Lipinski definition) is 4. The Hall–Kier alpha value is -1.67. The van der Waals surface area contributed by atoms with Crippen LogP contribution in [-0.2, 0) is 14.8 Å². The minimum atomic E-state index is -3.60. The van der Waals surface area contributed by atoms with Crippen molar-refractivity contribution in [2.75, 3.05) is 24.2 Å². The van der Waals surface area contributed by atoms with E-state index in [0.717, 1.165) is 12.1 Å². The van der Waals surface area contributed by atoms with Gasteiger partial charge < -0.3 is 9.84 Å². The molecule has 1 aromatic carbocycles. The van der Waals surface area contributed by atoms with E-state index in [-0.39, 0.29) is 11.4 Å². The molecule has 0 bridgehead atoms. The van der Waals surface area contributed by atoms with Gasteiger partial charge in [-0.2, -0.15) is 0 Å². The van der Waals surface area contributed by atoms with E-state index < -0.39 is 27.4 Å². The van der Waals surface area contributed by atoms with E-state index in [1.165, 1.54) is 13.2 Å². The van der Waals surface area contributed by atoms with E-state index in [0.29, 0.717) is 13.0 Å². The molecule has 0 aliphatic rings. The lowest BCUT2D eigenvalue weighted by molar-refractivity contribution is 0.0692. The van der Waals surface area contributed by atoms with E-state index >= 15 is 0 Å². The Balaban J connectivity index is 2.77. The molecule has 19 heavy (non-hydrogen) atoms. The molecule has 0 saturated carbocycles. The summed E-state index contributed by atoms with van der Waals surface area (Å²) in [4.78, 5) is 10.6. The highest BCUT2D eigenvalue weighted by Crippen LogP contribution is 2.16. The highest BCUT2D eigenvalue weighted by molar-refractivity contribution is 7.92. The minimum absolute atomic E-state index is 0.0140. The number of ether oxygens (including phenoxy) is 1. The fraction of sp³-hybridized carbons (Fsp3) is 0.364. The molecule has 8 heteroatoms. The summed E-state index contributed by atoms with van der Waals surface area (Å²) in [5.41, 5.74) is -0.526. The van der Waals surface area contributed by atoms with Crippen molar-refractivity contribution in [2.45, 2.75) is 6.42 Å². The van der Waals surface area contributed by atoms with Crippen LogP contribution in [0.4, 0.5) is 10.1 Å². The molecule has 2 N–H and O–H groups in total. The average Bonchev–Trinajstić information content (AvgIpc) is 2.28. The summed E-state index contributed by atoms with van der Waals surface area (Å²) in [6.45, 7) is 0.299. The third-order valence-electron chi connectivity index (χ3n) is 2.23. The normalized spacial score (nSPS) is 11.3. The molecule has 0 aromatic heterocycles. The zero-order chi connectivity index (χ0) is 14.5. The molecule has 0 spiro atoms. The maximum absolute atomic E-state index is 13.3. The molecule has 0 unspecified atom stereocenters. The van der Waals surface area contributed by atoms with Crippen LogP contribution in [0.2, 0.25) is 0 Å². The van der Waals surface area contributed by atoms with Crippen LogP contribution >= 0.6 is 0 Å². The number of sulfonamides is 1. The number of aromatic carboxylic acids is 1. The molecule has 0 heterocycles. The number of carbonyl (C=O) groups is 1. The third-order valence-corrected chi connectivity index (χ3v) is 3.61. The quantitative estimate of drug-likeness (QED) is 0.739. The number of nitrogens with one attached hydrogen (secondary N) is 1. The number of benzene rings is 1. The van der Waals surface area contributed by atoms with Crippen LogP contribution in [0.15, 0.2) is 18.2 Å². The van der Waals surface area contributed by atoms with Crippen LogP contribution in [0.25, 0.3) is 0 Å². The smallest absolute Gasteiger partial charge is 0.338 e. The predicted molar refractivity (Wildman–Crippen MR) is 67.3 cm³/mol. The fourth-order valence-electron chi connectivity index (χ4n) is 1.38. The summed E-state index contributed by atoms with van der Waals surface area (Å²) < 4.78 is 43.4. The molecule has 0 amide bonds. The number of halogens is 1. The number of rotatable bonds is 7. The monoisotopic (exact) mass is 291 g/mol. The average molecular weight is 291 g/mol. The summed E-state index contributed by atoms with van der Waals surface area (Å²) in [6.07, 6.45) is 0.307. The van der Waals surface area contributed by atoms with Crippen molar-refractivity contribution in [3.63, 3.8) is 0 Å². The van der Waals surface area contributed by atoms with Crippen molar-refractivity contribution in [1.29, 1.82) is 0 Å². The second-order valence-corrected chi connectivity index (χ2v) is 5.61. The van der Waals surface area contributed by atoms with Gasteiger partial charge in [0, 0.05) is 13.7 Å². The number of methoxy groups -OCH3 is 1. The van der Waals surface area contributed by atoms with Gasteiger partial charge in [0.2, 0.25) is 10.0 Å². The molecular weight excluding hydrogens is 277 g/mol. The molecule has 0 aliphatic heterocycles. The third kappa shape index (κ3) is 4.84. The molecule has 0 fully saturated rings. The molecule has 1 rings (SSSR count). The Labute approximate surface area is 110 Å². The van der Waals surface area contributed by atoms with Gasteiger partial charge in [-0.1, -0.05) is 0 Å². The van der Waals surface area contributed by atoms with Gasteiger partial charge in [0.05, 0.1) is 17.0 Å². The number of carboxylic acids is 1. The maximum atomic E-state index is 13.3. The zero-order valence-electron chi connectivity index (χ0n) is 10.2. The van der Waals surface area contributed by atoms with E-state index in [2.05, 4.69) is 4.72 Å². The molecule has 1 aromatic rings. The topological polar surface area (TPSA) is 92.7 Å². The second kappa shape index (κ2) is 6.48. The number of carboxylic acid groups (broad SMARTS) is 1. The Morgan fingerprint density at radius 2 is 2.16 bits per heavy atom. The first-order valence-electron chi connectivity index (χ1n) is 5.38. The summed E-state index contributed by atoms with van der Waals surface area (Å²) in [7, 11) is -2.14. The lowest BCUT2D eigenvalue weighted by Crippen LogP contribution is -2.18. The first kappa shape index (κ1) is 15.4. The Morgan fingerprint density at radius 1 is 1.47 bits per heavy atom. The van der Waals surface area contributed by atoms with Crippen molar-refractivity contribution in [1.82, 2.24) is 0 Å². The molecular formula is C11H14FNO5S. The van der Waals surface area contributed by atoms with E-state index in [9.17, 15) is 17.6 Å². The van der Waals surface area contributed by atoms with Crippen molar-refractivity contribution in [3.05, 3.63) is 29.6 Å². The van der Waals surface area contributed by atoms with Crippen LogP contribution in [0.3, 0.4) is 0 Å². The van der Waals surface area contributed by atoms with Gasteiger partial charge in [0.15, 0.2) is 0 Å². The highest BCUT2D eigenvalue weighted by Gasteiger charge is 2.14. The number of hydrogen-bond donors (Lipinski definition) is 2. The van der Waals surface area contributed by atoms with Gasteiger partial charge in [-0.3, -0.25) is 4.72 Å². The van der Waals surface area contributed by atoms with Crippen LogP contribution < -0.4 is 4.72 Å². The zero-order valence-corrected chi connectivity index (χ0v) is 11.0. The van der Waals surface area contributed by atoms with Gasteiger partial charge in [0.25, 0.3) is 0 Å². The van der Waals surface area contributed by atoms with Crippen molar-refractivity contribution in [2.24, 2.45) is 0 Å². The lowest BCUT2D eigenvalue weighted by Gasteiger charge is -2.08. The number of anilines is 1. The van der Waals surface area contributed by atoms with Crippen LogP contribution in [-0.4, -0.2) is 39.0 Å². The Kier molecular flexibility index (Phi) is 5.25. The van der Waals surface area contributed by atoms with Gasteiger partial charge in [0.1, 0.15) is 5.82 Å². The lowest BCUT2D eigenvalue weighted by atomic mass is 10.2. The van der Waals surface area contributed by atoms with E-state index in [4.69, 9.17) is 9.84 Å². The van der Waals surface area contributed by atoms with E-state index in [1.807, 2.05) is 0 Å². The van der Waals surface area contributed by atoms with Gasteiger partial charge in [-0.05, 0) is 24.6 Å². The summed E-state index contributed by atoms with van der Waals surface area (Å²) in [6, 6.07) is 3.03. The van der Waals surface area contributed by atoms with E-state index in [1.54, 1.807) is 0 Å². The predicted octanol–water partition coefficient (Wildman–Crippen LogP) is 1.30.